The lowest BCUT2D eigenvalue weighted by atomic mass is 10.0. The van der Waals surface area contributed by atoms with Crippen molar-refractivity contribution in [2.45, 2.75) is 19.8 Å². The van der Waals surface area contributed by atoms with Crippen LogP contribution in [-0.4, -0.2) is 30.0 Å². The van der Waals surface area contributed by atoms with E-state index < -0.39 is 5.97 Å². The smallest absolute Gasteiger partial charge is 0.344 e. The van der Waals surface area contributed by atoms with E-state index in [-0.39, 0.29) is 12.4 Å². The fraction of sp³-hybridized carbons (Fsp3) is 0.278. The van der Waals surface area contributed by atoms with Crippen molar-refractivity contribution in [3.8, 4) is 5.75 Å². The van der Waals surface area contributed by atoms with Crippen molar-refractivity contribution in [3.63, 3.8) is 0 Å². The molecule has 0 bridgehead atoms. The molecule has 0 atom stereocenters. The van der Waals surface area contributed by atoms with E-state index in [1.54, 1.807) is 43.6 Å². The van der Waals surface area contributed by atoms with Crippen molar-refractivity contribution in [1.29, 1.82) is 0 Å². The lowest BCUT2D eigenvalue weighted by molar-refractivity contribution is -0.145. The van der Waals surface area contributed by atoms with Crippen LogP contribution in [0.15, 0.2) is 48.8 Å². The van der Waals surface area contributed by atoms with Gasteiger partial charge < -0.3 is 9.47 Å². The van der Waals surface area contributed by atoms with E-state index in [0.717, 1.165) is 5.56 Å². The lowest BCUT2D eigenvalue weighted by Gasteiger charge is -2.07. The van der Waals surface area contributed by atoms with Crippen molar-refractivity contribution >= 4 is 11.8 Å². The first-order valence-corrected chi connectivity index (χ1v) is 7.49. The topological polar surface area (TPSA) is 65.5 Å². The van der Waals surface area contributed by atoms with Crippen molar-refractivity contribution in [2.75, 3.05) is 13.2 Å². The molecule has 0 amide bonds. The number of hydrogen-bond donors (Lipinski definition) is 0. The number of pyridine rings is 1. The van der Waals surface area contributed by atoms with Gasteiger partial charge in [-0.05, 0) is 43.2 Å². The normalized spacial score (nSPS) is 10.1. The van der Waals surface area contributed by atoms with Crippen molar-refractivity contribution < 1.29 is 19.1 Å². The van der Waals surface area contributed by atoms with Gasteiger partial charge in [-0.2, -0.15) is 0 Å². The summed E-state index contributed by atoms with van der Waals surface area (Å²) in [5.74, 6) is 0.278. The minimum absolute atomic E-state index is 0.0701. The van der Waals surface area contributed by atoms with Gasteiger partial charge in [-0.15, -0.1) is 0 Å². The molecular formula is C18H19NO4. The Morgan fingerprint density at radius 2 is 1.91 bits per heavy atom. The molecule has 23 heavy (non-hydrogen) atoms. The average molecular weight is 313 g/mol. The Kier molecular flexibility index (Phi) is 6.29. The van der Waals surface area contributed by atoms with Crippen LogP contribution < -0.4 is 4.74 Å². The fourth-order valence-electron chi connectivity index (χ4n) is 2.03. The third-order valence-electron chi connectivity index (χ3n) is 3.21. The maximum atomic E-state index is 12.0. The number of Topliss-reactive ketones (excluding diaryl/α,β-unsaturated/α-hetero) is 1. The monoisotopic (exact) mass is 313 g/mol. The standard InChI is InChI=1S/C18H19NO4/c1-2-22-18(21)13-23-16-8-5-14(6-9-16)7-10-17(20)15-4-3-11-19-12-15/h3-6,8-9,11-12H,2,7,10,13H2,1H3. The van der Waals surface area contributed by atoms with Crippen molar-refractivity contribution in [3.05, 3.63) is 59.9 Å². The highest BCUT2D eigenvalue weighted by atomic mass is 16.6. The number of carbonyl (C=O) groups is 2. The second-order valence-corrected chi connectivity index (χ2v) is 4.90. The second kappa shape index (κ2) is 8.68. The summed E-state index contributed by atoms with van der Waals surface area (Å²) >= 11 is 0. The largest absolute Gasteiger partial charge is 0.482 e. The van der Waals surface area contributed by atoms with Crippen molar-refractivity contribution in [2.24, 2.45) is 0 Å². The first kappa shape index (κ1) is 16.7. The Hall–Kier alpha value is -2.69. The average Bonchev–Trinajstić information content (AvgIpc) is 2.60. The Morgan fingerprint density at radius 1 is 1.13 bits per heavy atom. The minimum Gasteiger partial charge on any atom is -0.482 e. The lowest BCUT2D eigenvalue weighted by Crippen LogP contribution is -2.14. The summed E-state index contributed by atoms with van der Waals surface area (Å²) in [5, 5.41) is 0. The number of aromatic nitrogens is 1. The van der Waals surface area contributed by atoms with E-state index in [2.05, 4.69) is 4.98 Å². The molecule has 2 aromatic rings. The van der Waals surface area contributed by atoms with Crippen LogP contribution in [0.25, 0.3) is 0 Å². The molecule has 0 fully saturated rings. The predicted octanol–water partition coefficient (Wildman–Crippen LogP) is 2.84. The van der Waals surface area contributed by atoms with Crippen LogP contribution in [0.2, 0.25) is 0 Å². The van der Waals surface area contributed by atoms with Crippen LogP contribution in [-0.2, 0) is 16.0 Å². The van der Waals surface area contributed by atoms with Gasteiger partial charge in [0, 0.05) is 24.4 Å². The molecule has 0 spiro atoms. The first-order valence-electron chi connectivity index (χ1n) is 7.49. The van der Waals surface area contributed by atoms with E-state index in [4.69, 9.17) is 9.47 Å². The van der Waals surface area contributed by atoms with Gasteiger partial charge in [0.2, 0.25) is 0 Å². The van der Waals surface area contributed by atoms with Gasteiger partial charge in [0.05, 0.1) is 6.61 Å². The van der Waals surface area contributed by atoms with Crippen LogP contribution >= 0.6 is 0 Å². The minimum atomic E-state index is -0.390. The van der Waals surface area contributed by atoms with E-state index in [0.29, 0.717) is 30.8 Å². The Labute approximate surface area is 135 Å². The summed E-state index contributed by atoms with van der Waals surface area (Å²) in [6, 6.07) is 10.9. The molecule has 0 radical (unpaired) electrons. The summed E-state index contributed by atoms with van der Waals surface area (Å²) in [7, 11) is 0. The zero-order valence-corrected chi connectivity index (χ0v) is 13.0. The summed E-state index contributed by atoms with van der Waals surface area (Å²) < 4.78 is 10.1. The molecule has 5 heteroatoms. The van der Waals surface area contributed by atoms with Gasteiger partial charge in [-0.3, -0.25) is 9.78 Å². The van der Waals surface area contributed by atoms with E-state index in [1.165, 1.54) is 0 Å². The number of benzene rings is 1. The zero-order chi connectivity index (χ0) is 16.5. The molecule has 120 valence electrons. The Bertz CT molecular complexity index is 638. The third-order valence-corrected chi connectivity index (χ3v) is 3.21. The zero-order valence-electron chi connectivity index (χ0n) is 13.0. The molecule has 0 aliphatic rings. The van der Waals surface area contributed by atoms with Gasteiger partial charge in [0.25, 0.3) is 0 Å². The number of ether oxygens (including phenoxy) is 2. The van der Waals surface area contributed by atoms with Crippen LogP contribution in [0.1, 0.15) is 29.3 Å². The molecule has 0 saturated heterocycles. The van der Waals surface area contributed by atoms with E-state index in [1.807, 2.05) is 12.1 Å². The van der Waals surface area contributed by atoms with Crippen LogP contribution in [0, 0.1) is 0 Å². The number of carbonyl (C=O) groups excluding carboxylic acids is 2. The Balaban J connectivity index is 1.81. The maximum Gasteiger partial charge on any atom is 0.344 e. The summed E-state index contributed by atoms with van der Waals surface area (Å²) in [4.78, 5) is 27.2. The van der Waals surface area contributed by atoms with Gasteiger partial charge in [0.1, 0.15) is 5.75 Å². The molecule has 1 aromatic carbocycles. The van der Waals surface area contributed by atoms with Crippen LogP contribution in [0.3, 0.4) is 0 Å². The molecule has 1 heterocycles. The van der Waals surface area contributed by atoms with Gasteiger partial charge >= 0.3 is 5.97 Å². The predicted molar refractivity (Wildman–Crippen MR) is 85.5 cm³/mol. The number of ketones is 1. The molecular weight excluding hydrogens is 294 g/mol. The van der Waals surface area contributed by atoms with E-state index in [9.17, 15) is 9.59 Å². The number of rotatable bonds is 8. The highest BCUT2D eigenvalue weighted by molar-refractivity contribution is 5.95. The fourth-order valence-corrected chi connectivity index (χ4v) is 2.03. The SMILES string of the molecule is CCOC(=O)COc1ccc(CCC(=O)c2cccnc2)cc1. The molecule has 2 rings (SSSR count). The molecule has 0 N–H and O–H groups in total. The van der Waals surface area contributed by atoms with Crippen LogP contribution in [0.4, 0.5) is 0 Å². The first-order chi connectivity index (χ1) is 11.2. The molecule has 5 nitrogen and oxygen atoms in total. The highest BCUT2D eigenvalue weighted by Crippen LogP contribution is 2.14. The Morgan fingerprint density at radius 3 is 2.57 bits per heavy atom. The molecule has 0 unspecified atom stereocenters. The summed E-state index contributed by atoms with van der Waals surface area (Å²) in [6.45, 7) is 1.98. The molecule has 1 aromatic heterocycles. The van der Waals surface area contributed by atoms with E-state index >= 15 is 0 Å². The molecule has 0 aliphatic carbocycles. The maximum absolute atomic E-state index is 12.0. The van der Waals surface area contributed by atoms with Gasteiger partial charge in [0.15, 0.2) is 12.4 Å². The molecule has 0 aliphatic heterocycles. The third kappa shape index (κ3) is 5.54. The number of hydrogen-bond acceptors (Lipinski definition) is 5. The number of esters is 1. The summed E-state index contributed by atoms with van der Waals surface area (Å²) in [5.41, 5.74) is 1.66. The van der Waals surface area contributed by atoms with Crippen LogP contribution in [0.5, 0.6) is 5.75 Å². The van der Waals surface area contributed by atoms with Crippen molar-refractivity contribution in [1.82, 2.24) is 4.98 Å². The molecule has 0 saturated carbocycles. The van der Waals surface area contributed by atoms with Gasteiger partial charge in [-0.25, -0.2) is 4.79 Å². The number of aryl methyl sites for hydroxylation is 1. The van der Waals surface area contributed by atoms with Gasteiger partial charge in [-0.1, -0.05) is 12.1 Å². The highest BCUT2D eigenvalue weighted by Gasteiger charge is 2.07. The quantitative estimate of drug-likeness (QED) is 0.554. The number of nitrogens with zero attached hydrogens (tertiary/aromatic N) is 1. The summed E-state index contributed by atoms with van der Waals surface area (Å²) in [6.07, 6.45) is 4.29. The second-order valence-electron chi connectivity index (χ2n) is 4.90.